The van der Waals surface area contributed by atoms with E-state index in [0.29, 0.717) is 4.32 Å². The fourth-order valence-electron chi connectivity index (χ4n) is 0.711. The van der Waals surface area contributed by atoms with E-state index in [9.17, 15) is 0 Å². The molecule has 0 aliphatic rings. The molecular weight excluding hydrogens is 188 g/mol. The molecule has 0 radical (unpaired) electrons. The second-order valence-corrected chi connectivity index (χ2v) is 5.28. The van der Waals surface area contributed by atoms with Crippen LogP contribution in [-0.4, -0.2) is 4.32 Å². The van der Waals surface area contributed by atoms with Gasteiger partial charge in [0, 0.05) is 4.32 Å². The highest BCUT2D eigenvalue weighted by Gasteiger charge is 2.09. The number of halogens is 1. The summed E-state index contributed by atoms with van der Waals surface area (Å²) in [6.45, 7) is 6.56. The van der Waals surface area contributed by atoms with E-state index in [-0.39, 0.29) is 0 Å². The molecule has 0 atom stereocenters. The summed E-state index contributed by atoms with van der Waals surface area (Å²) in [5.41, 5.74) is 0. The molecule has 0 aliphatic carbocycles. The van der Waals surface area contributed by atoms with Crippen LogP contribution in [0.15, 0.2) is 12.2 Å². The highest BCUT2D eigenvalue weighted by molar-refractivity contribution is 9.10. The number of hydrogen-bond acceptors (Lipinski definition) is 0. The Morgan fingerprint density at radius 3 is 2.30 bits per heavy atom. The lowest BCUT2D eigenvalue weighted by molar-refractivity contribution is 0.662. The van der Waals surface area contributed by atoms with Gasteiger partial charge in [0.05, 0.1) is 0 Å². The molecule has 0 fully saturated rings. The summed E-state index contributed by atoms with van der Waals surface area (Å²) in [5, 5.41) is 0. The first-order valence-corrected chi connectivity index (χ1v) is 4.69. The van der Waals surface area contributed by atoms with E-state index in [4.69, 9.17) is 0 Å². The molecule has 0 saturated carbocycles. The summed E-state index contributed by atoms with van der Waals surface area (Å²) in [6, 6.07) is 0. The van der Waals surface area contributed by atoms with Gasteiger partial charge in [-0.05, 0) is 19.3 Å². The minimum atomic E-state index is 0.311. The maximum atomic E-state index is 3.60. The lowest BCUT2D eigenvalue weighted by Crippen LogP contribution is -2.07. The molecule has 0 N–H and O–H groups in total. The zero-order valence-corrected chi connectivity index (χ0v) is 8.74. The smallest absolute Gasteiger partial charge is 0.0204 e. The lowest BCUT2D eigenvalue weighted by Gasteiger charge is -2.13. The number of alkyl halides is 1. The van der Waals surface area contributed by atoms with Gasteiger partial charge in [0.2, 0.25) is 0 Å². The molecule has 0 saturated heterocycles. The van der Waals surface area contributed by atoms with E-state index >= 15 is 0 Å². The molecule has 0 aromatic rings. The van der Waals surface area contributed by atoms with Crippen molar-refractivity contribution < 1.29 is 0 Å². The van der Waals surface area contributed by atoms with E-state index in [2.05, 4.69) is 48.9 Å². The molecule has 0 unspecified atom stereocenters. The summed E-state index contributed by atoms with van der Waals surface area (Å²) >= 11 is 3.60. The fourth-order valence-corrected chi connectivity index (χ4v) is 0.940. The molecule has 0 bridgehead atoms. The second-order valence-electron chi connectivity index (χ2n) is 3.14. The lowest BCUT2D eigenvalue weighted by atomic mass is 10.1. The summed E-state index contributed by atoms with van der Waals surface area (Å²) in [6.07, 6.45) is 8.03. The van der Waals surface area contributed by atoms with Crippen molar-refractivity contribution in [3.63, 3.8) is 0 Å². The van der Waals surface area contributed by atoms with Crippen LogP contribution < -0.4 is 0 Å². The van der Waals surface area contributed by atoms with Crippen molar-refractivity contribution in [3.05, 3.63) is 12.2 Å². The van der Waals surface area contributed by atoms with Gasteiger partial charge < -0.3 is 0 Å². The quantitative estimate of drug-likeness (QED) is 0.482. The van der Waals surface area contributed by atoms with Gasteiger partial charge >= 0.3 is 0 Å². The van der Waals surface area contributed by atoms with Crippen molar-refractivity contribution in [1.29, 1.82) is 0 Å². The van der Waals surface area contributed by atoms with Gasteiger partial charge in [-0.1, -0.05) is 48.9 Å². The van der Waals surface area contributed by atoms with Crippen LogP contribution in [0.1, 0.15) is 40.0 Å². The third-order valence-corrected chi connectivity index (χ3v) is 1.70. The first kappa shape index (κ1) is 10.2. The molecule has 10 heavy (non-hydrogen) atoms. The standard InChI is InChI=1S/C9H17Br/c1-4-5-6-7-8-9(2,3)10/h5-6H,4,7-8H2,1-3H3/b6-5+. The normalized spacial score (nSPS) is 12.8. The number of hydrogen-bond donors (Lipinski definition) is 0. The molecule has 0 aromatic heterocycles. The Kier molecular flexibility index (Phi) is 5.06. The molecule has 0 amide bonds. The summed E-state index contributed by atoms with van der Waals surface area (Å²) in [4.78, 5) is 0. The summed E-state index contributed by atoms with van der Waals surface area (Å²) in [5.74, 6) is 0. The van der Waals surface area contributed by atoms with Gasteiger partial charge in [-0.15, -0.1) is 0 Å². The Hall–Kier alpha value is 0.220. The minimum Gasteiger partial charge on any atom is -0.0888 e. The van der Waals surface area contributed by atoms with Crippen LogP contribution in [-0.2, 0) is 0 Å². The first-order valence-electron chi connectivity index (χ1n) is 3.90. The molecule has 0 heterocycles. The Labute approximate surface area is 72.8 Å². The van der Waals surface area contributed by atoms with E-state index < -0.39 is 0 Å². The topological polar surface area (TPSA) is 0 Å². The molecule has 0 aliphatic heterocycles. The van der Waals surface area contributed by atoms with Gasteiger partial charge in [0.25, 0.3) is 0 Å². The van der Waals surface area contributed by atoms with Crippen molar-refractivity contribution in [1.82, 2.24) is 0 Å². The molecule has 0 aromatic carbocycles. The zero-order valence-electron chi connectivity index (χ0n) is 7.15. The average Bonchev–Trinajstić information content (AvgIpc) is 1.78. The van der Waals surface area contributed by atoms with E-state index in [1.54, 1.807) is 0 Å². The van der Waals surface area contributed by atoms with Crippen molar-refractivity contribution in [2.24, 2.45) is 0 Å². The predicted molar refractivity (Wildman–Crippen MR) is 51.7 cm³/mol. The van der Waals surface area contributed by atoms with Gasteiger partial charge in [-0.2, -0.15) is 0 Å². The highest BCUT2D eigenvalue weighted by Crippen LogP contribution is 2.22. The first-order chi connectivity index (χ1) is 4.56. The van der Waals surface area contributed by atoms with Gasteiger partial charge in [0.1, 0.15) is 0 Å². The van der Waals surface area contributed by atoms with Crippen molar-refractivity contribution in [3.8, 4) is 0 Å². The molecule has 0 nitrogen and oxygen atoms in total. The molecule has 0 spiro atoms. The fraction of sp³-hybridized carbons (Fsp3) is 0.778. The Morgan fingerprint density at radius 2 is 1.90 bits per heavy atom. The van der Waals surface area contributed by atoms with Crippen molar-refractivity contribution >= 4 is 15.9 Å². The molecular formula is C9H17Br. The van der Waals surface area contributed by atoms with Crippen molar-refractivity contribution in [2.75, 3.05) is 0 Å². The van der Waals surface area contributed by atoms with Crippen molar-refractivity contribution in [2.45, 2.75) is 44.4 Å². The van der Waals surface area contributed by atoms with Crippen LogP contribution >= 0.6 is 15.9 Å². The Balaban J connectivity index is 3.28. The van der Waals surface area contributed by atoms with E-state index in [1.165, 1.54) is 12.8 Å². The molecule has 1 heteroatoms. The average molecular weight is 205 g/mol. The summed E-state index contributed by atoms with van der Waals surface area (Å²) in [7, 11) is 0. The number of rotatable bonds is 4. The maximum absolute atomic E-state index is 3.60. The largest absolute Gasteiger partial charge is 0.0888 e. The molecule has 0 rings (SSSR count). The second kappa shape index (κ2) is 4.95. The van der Waals surface area contributed by atoms with Gasteiger partial charge in [0.15, 0.2) is 0 Å². The van der Waals surface area contributed by atoms with Gasteiger partial charge in [-0.25, -0.2) is 0 Å². The Morgan fingerprint density at radius 1 is 1.30 bits per heavy atom. The van der Waals surface area contributed by atoms with Crippen LogP contribution in [0.2, 0.25) is 0 Å². The van der Waals surface area contributed by atoms with Crippen LogP contribution in [0.25, 0.3) is 0 Å². The number of allylic oxidation sites excluding steroid dienone is 2. The summed E-state index contributed by atoms with van der Waals surface area (Å²) < 4.78 is 0.311. The van der Waals surface area contributed by atoms with Crippen LogP contribution in [0.4, 0.5) is 0 Å². The zero-order chi connectivity index (χ0) is 8.04. The van der Waals surface area contributed by atoms with Crippen LogP contribution in [0.3, 0.4) is 0 Å². The predicted octanol–water partition coefficient (Wildman–Crippen LogP) is 3.91. The van der Waals surface area contributed by atoms with Crippen LogP contribution in [0, 0.1) is 0 Å². The minimum absolute atomic E-state index is 0.311. The third kappa shape index (κ3) is 8.22. The Bertz CT molecular complexity index is 97.8. The van der Waals surface area contributed by atoms with Crippen LogP contribution in [0.5, 0.6) is 0 Å². The highest BCUT2D eigenvalue weighted by atomic mass is 79.9. The third-order valence-electron chi connectivity index (χ3n) is 1.31. The monoisotopic (exact) mass is 204 g/mol. The van der Waals surface area contributed by atoms with E-state index in [0.717, 1.165) is 6.42 Å². The molecule has 60 valence electrons. The maximum Gasteiger partial charge on any atom is 0.0204 e. The van der Waals surface area contributed by atoms with E-state index in [1.807, 2.05) is 0 Å². The van der Waals surface area contributed by atoms with Gasteiger partial charge in [-0.3, -0.25) is 0 Å². The SMILES string of the molecule is CC/C=C/CCC(C)(C)Br.